The van der Waals surface area contributed by atoms with Gasteiger partial charge in [-0.25, -0.2) is 4.39 Å². The van der Waals surface area contributed by atoms with Gasteiger partial charge < -0.3 is 10.6 Å². The number of halogens is 1. The molecule has 0 aliphatic heterocycles. The number of rotatable bonds is 5. The first-order valence-electron chi connectivity index (χ1n) is 6.88. The highest BCUT2D eigenvalue weighted by atomic mass is 19.1. The van der Waals surface area contributed by atoms with E-state index in [1.54, 1.807) is 6.07 Å². The van der Waals surface area contributed by atoms with Crippen molar-refractivity contribution in [1.82, 2.24) is 0 Å². The molecule has 0 radical (unpaired) electrons. The molecular formula is C17H18FN3. The molecule has 2 aromatic carbocycles. The molecule has 3 nitrogen and oxygen atoms in total. The van der Waals surface area contributed by atoms with Crippen molar-refractivity contribution in [3.63, 3.8) is 0 Å². The molecule has 21 heavy (non-hydrogen) atoms. The van der Waals surface area contributed by atoms with E-state index >= 15 is 0 Å². The van der Waals surface area contributed by atoms with Gasteiger partial charge in [0.25, 0.3) is 0 Å². The van der Waals surface area contributed by atoms with Crippen molar-refractivity contribution in [1.29, 1.82) is 5.26 Å². The summed E-state index contributed by atoms with van der Waals surface area (Å²) in [6.07, 6.45) is 0.323. The fourth-order valence-electron chi connectivity index (χ4n) is 2.18. The van der Waals surface area contributed by atoms with Crippen LogP contribution in [0.2, 0.25) is 0 Å². The number of nitriles is 1. The fourth-order valence-corrected chi connectivity index (χ4v) is 2.18. The summed E-state index contributed by atoms with van der Waals surface area (Å²) in [6, 6.07) is 16.4. The second kappa shape index (κ2) is 6.87. The molecule has 4 heteroatoms. The van der Waals surface area contributed by atoms with Crippen molar-refractivity contribution < 1.29 is 4.39 Å². The number of para-hydroxylation sites is 1. The average molecular weight is 283 g/mol. The molecule has 2 rings (SSSR count). The van der Waals surface area contributed by atoms with Crippen LogP contribution in [0.4, 0.5) is 15.8 Å². The molecule has 0 aromatic heterocycles. The molecule has 0 spiro atoms. The molecule has 0 amide bonds. The molecule has 0 heterocycles. The lowest BCUT2D eigenvalue weighted by Gasteiger charge is -2.25. The molecular weight excluding hydrogens is 265 g/mol. The zero-order valence-electron chi connectivity index (χ0n) is 12.0. The van der Waals surface area contributed by atoms with Gasteiger partial charge in [0, 0.05) is 18.3 Å². The first kappa shape index (κ1) is 15.0. The molecule has 2 N–H and O–H groups in total. The summed E-state index contributed by atoms with van der Waals surface area (Å²) in [6.45, 7) is 2.26. The van der Waals surface area contributed by atoms with E-state index in [9.17, 15) is 4.39 Å². The van der Waals surface area contributed by atoms with Crippen LogP contribution >= 0.6 is 0 Å². The van der Waals surface area contributed by atoms with E-state index in [1.165, 1.54) is 6.07 Å². The highest BCUT2D eigenvalue weighted by molar-refractivity contribution is 5.64. The van der Waals surface area contributed by atoms with Gasteiger partial charge in [-0.05, 0) is 36.8 Å². The number of hydrogen-bond donors (Lipinski definition) is 1. The van der Waals surface area contributed by atoms with Crippen LogP contribution in [0, 0.1) is 17.1 Å². The summed E-state index contributed by atoms with van der Waals surface area (Å²) in [7, 11) is 0. The molecule has 2 aromatic rings. The predicted octanol–water partition coefficient (Wildman–Crippen LogP) is 3.90. The molecule has 0 bridgehead atoms. The summed E-state index contributed by atoms with van der Waals surface area (Å²) < 4.78 is 14.4. The van der Waals surface area contributed by atoms with E-state index < -0.39 is 0 Å². The maximum atomic E-state index is 14.4. The minimum atomic E-state index is -0.327. The van der Waals surface area contributed by atoms with Gasteiger partial charge in [-0.3, -0.25) is 0 Å². The van der Waals surface area contributed by atoms with E-state index in [1.807, 2.05) is 48.2 Å². The third-order valence-electron chi connectivity index (χ3n) is 3.30. The minimum Gasteiger partial charge on any atom is -0.338 e. The monoisotopic (exact) mass is 283 g/mol. The van der Waals surface area contributed by atoms with Crippen LogP contribution in [-0.4, -0.2) is 6.54 Å². The zero-order valence-corrected chi connectivity index (χ0v) is 12.0. The summed E-state index contributed by atoms with van der Waals surface area (Å²) in [5.41, 5.74) is 7.85. The van der Waals surface area contributed by atoms with Crippen LogP contribution < -0.4 is 10.6 Å². The van der Waals surface area contributed by atoms with Gasteiger partial charge >= 0.3 is 0 Å². The molecule has 1 atom stereocenters. The number of anilines is 2. The molecule has 0 saturated heterocycles. The van der Waals surface area contributed by atoms with Crippen molar-refractivity contribution in [2.75, 3.05) is 11.4 Å². The molecule has 0 aliphatic carbocycles. The van der Waals surface area contributed by atoms with Gasteiger partial charge in [0.05, 0.1) is 18.2 Å². The van der Waals surface area contributed by atoms with Gasteiger partial charge in [-0.2, -0.15) is 5.26 Å². The lowest BCUT2D eigenvalue weighted by molar-refractivity contribution is 0.619. The van der Waals surface area contributed by atoms with Crippen LogP contribution in [0.5, 0.6) is 0 Å². The second-order valence-corrected chi connectivity index (χ2v) is 4.89. The van der Waals surface area contributed by atoms with Crippen LogP contribution in [0.3, 0.4) is 0 Å². The Kier molecular flexibility index (Phi) is 4.91. The van der Waals surface area contributed by atoms with Gasteiger partial charge in [-0.1, -0.05) is 24.3 Å². The topological polar surface area (TPSA) is 53.0 Å². The van der Waals surface area contributed by atoms with E-state index in [0.717, 1.165) is 11.3 Å². The third-order valence-corrected chi connectivity index (χ3v) is 3.30. The molecule has 0 fully saturated rings. The highest BCUT2D eigenvalue weighted by Crippen LogP contribution is 2.29. The number of benzene rings is 2. The third kappa shape index (κ3) is 3.59. The van der Waals surface area contributed by atoms with E-state index in [2.05, 4.69) is 6.07 Å². The fraction of sp³-hybridized carbons (Fsp3) is 0.235. The Bertz CT molecular complexity index is 632. The Labute approximate surface area is 124 Å². The second-order valence-electron chi connectivity index (χ2n) is 4.89. The number of hydrogen-bond acceptors (Lipinski definition) is 3. The average Bonchev–Trinajstić information content (AvgIpc) is 2.50. The van der Waals surface area contributed by atoms with Gasteiger partial charge in [0.2, 0.25) is 0 Å². The van der Waals surface area contributed by atoms with Crippen molar-refractivity contribution in [3.05, 3.63) is 59.9 Å². The van der Waals surface area contributed by atoms with Gasteiger partial charge in [0.15, 0.2) is 0 Å². The predicted molar refractivity (Wildman–Crippen MR) is 82.7 cm³/mol. The Hall–Kier alpha value is -2.38. The lowest BCUT2D eigenvalue weighted by atomic mass is 10.1. The van der Waals surface area contributed by atoms with E-state index in [4.69, 9.17) is 11.0 Å². The van der Waals surface area contributed by atoms with E-state index in [-0.39, 0.29) is 11.9 Å². The zero-order chi connectivity index (χ0) is 15.2. The van der Waals surface area contributed by atoms with Gasteiger partial charge in [0.1, 0.15) is 5.82 Å². The van der Waals surface area contributed by atoms with Crippen molar-refractivity contribution in [2.24, 2.45) is 5.73 Å². The standard InChI is InChI=1S/C17H18FN3/c1-13(20)14-8-9-17(16(18)12-14)21(11-5-10-19)15-6-3-2-4-7-15/h2-4,6-9,12-13H,5,11,20H2,1H3. The normalized spacial score (nSPS) is 11.7. The maximum Gasteiger partial charge on any atom is 0.147 e. The Balaban J connectivity index is 2.40. The number of nitrogens with zero attached hydrogens (tertiary/aromatic N) is 2. The molecule has 0 saturated carbocycles. The van der Waals surface area contributed by atoms with Gasteiger partial charge in [-0.15, -0.1) is 0 Å². The van der Waals surface area contributed by atoms with Crippen molar-refractivity contribution in [3.8, 4) is 6.07 Å². The summed E-state index contributed by atoms with van der Waals surface area (Å²) in [4.78, 5) is 1.81. The Morgan fingerprint density at radius 2 is 1.95 bits per heavy atom. The Morgan fingerprint density at radius 3 is 2.52 bits per heavy atom. The van der Waals surface area contributed by atoms with E-state index in [0.29, 0.717) is 18.7 Å². The highest BCUT2D eigenvalue weighted by Gasteiger charge is 2.14. The summed E-state index contributed by atoms with van der Waals surface area (Å²) in [5.74, 6) is -0.327. The minimum absolute atomic E-state index is 0.210. The van der Waals surface area contributed by atoms with Crippen LogP contribution in [0.1, 0.15) is 24.9 Å². The Morgan fingerprint density at radius 1 is 1.24 bits per heavy atom. The summed E-state index contributed by atoms with van der Waals surface area (Å²) >= 11 is 0. The molecule has 1 unspecified atom stereocenters. The molecule has 0 aliphatic rings. The van der Waals surface area contributed by atoms with Crippen molar-refractivity contribution in [2.45, 2.75) is 19.4 Å². The molecule has 108 valence electrons. The quantitative estimate of drug-likeness (QED) is 0.905. The first-order valence-corrected chi connectivity index (χ1v) is 6.88. The van der Waals surface area contributed by atoms with Crippen LogP contribution in [0.15, 0.2) is 48.5 Å². The van der Waals surface area contributed by atoms with Crippen LogP contribution in [0.25, 0.3) is 0 Å². The van der Waals surface area contributed by atoms with Crippen molar-refractivity contribution >= 4 is 11.4 Å². The lowest BCUT2D eigenvalue weighted by Crippen LogP contribution is -2.19. The largest absolute Gasteiger partial charge is 0.338 e. The summed E-state index contributed by atoms with van der Waals surface area (Å²) in [5, 5.41) is 8.81. The maximum absolute atomic E-state index is 14.4. The SMILES string of the molecule is CC(N)c1ccc(N(CCC#N)c2ccccc2)c(F)c1. The smallest absolute Gasteiger partial charge is 0.147 e. The number of nitrogens with two attached hydrogens (primary N) is 1. The van der Waals surface area contributed by atoms with Crippen LogP contribution in [-0.2, 0) is 0 Å². The first-order chi connectivity index (χ1) is 10.1.